The lowest BCUT2D eigenvalue weighted by molar-refractivity contribution is -0.0114. The van der Waals surface area contributed by atoms with Crippen molar-refractivity contribution in [1.82, 2.24) is 10.2 Å². The highest BCUT2D eigenvalue weighted by Gasteiger charge is 2.32. The molecule has 0 amide bonds. The molecule has 112 valence electrons. The van der Waals surface area contributed by atoms with Gasteiger partial charge in [-0.1, -0.05) is 44.2 Å². The maximum Gasteiger partial charge on any atom is 0.0994 e. The molecule has 2 N–H and O–H groups in total. The Morgan fingerprint density at radius 1 is 1.25 bits per heavy atom. The maximum atomic E-state index is 10.8. The number of hydrogen-bond acceptors (Lipinski definition) is 3. The van der Waals surface area contributed by atoms with Gasteiger partial charge in [0.2, 0.25) is 0 Å². The number of nitrogens with one attached hydrogen (secondary N) is 1. The lowest BCUT2D eigenvalue weighted by atomic mass is 9.93. The zero-order valence-electron chi connectivity index (χ0n) is 13.0. The predicted molar refractivity (Wildman–Crippen MR) is 83.7 cm³/mol. The van der Waals surface area contributed by atoms with E-state index in [9.17, 15) is 5.11 Å². The van der Waals surface area contributed by atoms with Gasteiger partial charge in [-0.25, -0.2) is 0 Å². The number of β-amino-alcohol motifs (C(OH)–C–C–N with tert-alkyl or cyclic N) is 1. The Labute approximate surface area is 123 Å². The van der Waals surface area contributed by atoms with Crippen LogP contribution in [0.25, 0.3) is 0 Å². The molecule has 3 nitrogen and oxygen atoms in total. The smallest absolute Gasteiger partial charge is 0.0994 e. The average molecular weight is 276 g/mol. The second kappa shape index (κ2) is 6.70. The Hall–Kier alpha value is -0.900. The number of benzene rings is 1. The molecular formula is C17H28N2O. The van der Waals surface area contributed by atoms with Crippen LogP contribution < -0.4 is 5.32 Å². The van der Waals surface area contributed by atoms with E-state index in [1.807, 2.05) is 37.3 Å². The number of hydrogen-bond donors (Lipinski definition) is 2. The summed E-state index contributed by atoms with van der Waals surface area (Å²) in [6.07, 6.45) is 2.26. The van der Waals surface area contributed by atoms with E-state index in [1.54, 1.807) is 0 Å². The van der Waals surface area contributed by atoms with E-state index in [0.717, 1.165) is 31.5 Å². The van der Waals surface area contributed by atoms with Gasteiger partial charge in [0.25, 0.3) is 0 Å². The van der Waals surface area contributed by atoms with Crippen LogP contribution in [-0.2, 0) is 5.60 Å². The molecule has 20 heavy (non-hydrogen) atoms. The van der Waals surface area contributed by atoms with Gasteiger partial charge in [-0.05, 0) is 25.3 Å². The molecule has 1 aromatic carbocycles. The van der Waals surface area contributed by atoms with Crippen molar-refractivity contribution in [3.8, 4) is 0 Å². The standard InChI is InChI=1S/C17H28N2O/c1-4-15-12-19(16(5-2)11-18-15)13-17(3,20)14-9-7-6-8-10-14/h6-10,15-16,18,20H,4-5,11-13H2,1-3H3. The average Bonchev–Trinajstić information content (AvgIpc) is 2.47. The molecule has 1 aliphatic rings. The summed E-state index contributed by atoms with van der Waals surface area (Å²) in [7, 11) is 0. The summed E-state index contributed by atoms with van der Waals surface area (Å²) in [5.74, 6) is 0. The summed E-state index contributed by atoms with van der Waals surface area (Å²) in [6, 6.07) is 11.1. The van der Waals surface area contributed by atoms with Crippen molar-refractivity contribution >= 4 is 0 Å². The van der Waals surface area contributed by atoms with Gasteiger partial charge in [0.05, 0.1) is 5.60 Å². The minimum atomic E-state index is -0.787. The van der Waals surface area contributed by atoms with E-state index < -0.39 is 5.60 Å². The summed E-state index contributed by atoms with van der Waals surface area (Å²) >= 11 is 0. The molecule has 0 aliphatic carbocycles. The quantitative estimate of drug-likeness (QED) is 0.866. The SMILES string of the molecule is CCC1CN(CC(C)(O)c2ccccc2)C(CC)CN1. The van der Waals surface area contributed by atoms with E-state index in [4.69, 9.17) is 0 Å². The Balaban J connectivity index is 2.09. The van der Waals surface area contributed by atoms with E-state index >= 15 is 0 Å². The van der Waals surface area contributed by atoms with Gasteiger partial charge in [0.15, 0.2) is 0 Å². The molecule has 0 aromatic heterocycles. The molecule has 1 fully saturated rings. The monoisotopic (exact) mass is 276 g/mol. The zero-order valence-corrected chi connectivity index (χ0v) is 13.0. The van der Waals surface area contributed by atoms with Crippen LogP contribution in [0.3, 0.4) is 0 Å². The predicted octanol–water partition coefficient (Wildman–Crippen LogP) is 2.36. The Kier molecular flexibility index (Phi) is 5.19. The van der Waals surface area contributed by atoms with Gasteiger partial charge >= 0.3 is 0 Å². The molecular weight excluding hydrogens is 248 g/mol. The normalized spacial score (nSPS) is 27.2. The molecule has 0 saturated carbocycles. The van der Waals surface area contributed by atoms with Crippen LogP contribution in [0.5, 0.6) is 0 Å². The summed E-state index contributed by atoms with van der Waals surface area (Å²) in [4.78, 5) is 2.46. The van der Waals surface area contributed by atoms with E-state index in [0.29, 0.717) is 18.6 Å². The van der Waals surface area contributed by atoms with E-state index in [2.05, 4.69) is 24.1 Å². The van der Waals surface area contributed by atoms with Crippen molar-refractivity contribution in [2.45, 2.75) is 51.3 Å². The fourth-order valence-electron chi connectivity index (χ4n) is 3.08. The van der Waals surface area contributed by atoms with Crippen molar-refractivity contribution < 1.29 is 5.11 Å². The molecule has 1 aliphatic heterocycles. The third kappa shape index (κ3) is 3.60. The van der Waals surface area contributed by atoms with Gasteiger partial charge in [0, 0.05) is 31.7 Å². The van der Waals surface area contributed by atoms with Crippen LogP contribution in [0.2, 0.25) is 0 Å². The van der Waals surface area contributed by atoms with Gasteiger partial charge < -0.3 is 10.4 Å². The fourth-order valence-corrected chi connectivity index (χ4v) is 3.08. The largest absolute Gasteiger partial charge is 0.384 e. The highest BCUT2D eigenvalue weighted by atomic mass is 16.3. The third-order valence-electron chi connectivity index (χ3n) is 4.48. The maximum absolute atomic E-state index is 10.8. The first-order valence-corrected chi connectivity index (χ1v) is 7.82. The van der Waals surface area contributed by atoms with E-state index in [1.165, 1.54) is 0 Å². The molecule has 3 atom stereocenters. The molecule has 0 bridgehead atoms. The van der Waals surface area contributed by atoms with Gasteiger partial charge in [-0.2, -0.15) is 0 Å². The van der Waals surface area contributed by atoms with Gasteiger partial charge in [0.1, 0.15) is 0 Å². The molecule has 1 aromatic rings. The molecule has 0 radical (unpaired) electrons. The minimum Gasteiger partial charge on any atom is -0.384 e. The molecule has 0 spiro atoms. The number of rotatable bonds is 5. The summed E-state index contributed by atoms with van der Waals surface area (Å²) in [5.41, 5.74) is 0.214. The highest BCUT2D eigenvalue weighted by Crippen LogP contribution is 2.24. The molecule has 3 heteroatoms. The summed E-state index contributed by atoms with van der Waals surface area (Å²) < 4.78 is 0. The van der Waals surface area contributed by atoms with Crippen molar-refractivity contribution in [2.24, 2.45) is 0 Å². The fraction of sp³-hybridized carbons (Fsp3) is 0.647. The first-order chi connectivity index (χ1) is 9.56. The minimum absolute atomic E-state index is 0.521. The Morgan fingerprint density at radius 2 is 1.95 bits per heavy atom. The van der Waals surface area contributed by atoms with Crippen molar-refractivity contribution in [3.05, 3.63) is 35.9 Å². The lowest BCUT2D eigenvalue weighted by Gasteiger charge is -2.43. The van der Waals surface area contributed by atoms with Crippen LogP contribution >= 0.6 is 0 Å². The molecule has 3 unspecified atom stereocenters. The summed E-state index contributed by atoms with van der Waals surface area (Å²) in [6.45, 7) is 9.13. The number of aliphatic hydroxyl groups is 1. The van der Waals surface area contributed by atoms with Crippen LogP contribution in [0.15, 0.2) is 30.3 Å². The van der Waals surface area contributed by atoms with E-state index in [-0.39, 0.29) is 0 Å². The third-order valence-corrected chi connectivity index (χ3v) is 4.48. The molecule has 1 heterocycles. The Bertz CT molecular complexity index is 405. The number of piperazine rings is 1. The molecule has 1 saturated heterocycles. The topological polar surface area (TPSA) is 35.5 Å². The second-order valence-electron chi connectivity index (χ2n) is 6.14. The van der Waals surface area contributed by atoms with Gasteiger partial charge in [-0.3, -0.25) is 4.90 Å². The first kappa shape index (κ1) is 15.5. The number of nitrogens with zero attached hydrogens (tertiary/aromatic N) is 1. The van der Waals surface area contributed by atoms with Crippen molar-refractivity contribution in [3.63, 3.8) is 0 Å². The first-order valence-electron chi connectivity index (χ1n) is 7.82. The van der Waals surface area contributed by atoms with Crippen LogP contribution in [0.4, 0.5) is 0 Å². The van der Waals surface area contributed by atoms with Crippen LogP contribution in [0.1, 0.15) is 39.2 Å². The van der Waals surface area contributed by atoms with Crippen molar-refractivity contribution in [2.75, 3.05) is 19.6 Å². The van der Waals surface area contributed by atoms with Crippen LogP contribution in [-0.4, -0.2) is 41.7 Å². The van der Waals surface area contributed by atoms with Gasteiger partial charge in [-0.15, -0.1) is 0 Å². The second-order valence-corrected chi connectivity index (χ2v) is 6.14. The lowest BCUT2D eigenvalue weighted by Crippen LogP contribution is -2.58. The zero-order chi connectivity index (χ0) is 14.6. The summed E-state index contributed by atoms with van der Waals surface area (Å²) in [5, 5.41) is 14.5. The van der Waals surface area contributed by atoms with Crippen molar-refractivity contribution in [1.29, 1.82) is 0 Å². The van der Waals surface area contributed by atoms with Crippen LogP contribution in [0, 0.1) is 0 Å². The molecule has 2 rings (SSSR count). The highest BCUT2D eigenvalue weighted by molar-refractivity contribution is 5.22. The Morgan fingerprint density at radius 3 is 2.55 bits per heavy atom.